The Morgan fingerprint density at radius 2 is 2.12 bits per heavy atom. The molecule has 3 heterocycles. The van der Waals surface area contributed by atoms with Gasteiger partial charge in [0.2, 0.25) is 0 Å². The van der Waals surface area contributed by atoms with E-state index in [9.17, 15) is 5.11 Å². The molecular formula is C18H20Cl2N4O2. The second-order valence-electron chi connectivity index (χ2n) is 6.66. The third kappa shape index (κ3) is 2.86. The Labute approximate surface area is 161 Å². The summed E-state index contributed by atoms with van der Waals surface area (Å²) < 4.78 is 7.82. The van der Waals surface area contributed by atoms with Gasteiger partial charge in [0.25, 0.3) is 0 Å². The summed E-state index contributed by atoms with van der Waals surface area (Å²) in [5.41, 5.74) is 2.21. The molecule has 1 saturated heterocycles. The van der Waals surface area contributed by atoms with E-state index in [2.05, 4.69) is 9.98 Å². The summed E-state index contributed by atoms with van der Waals surface area (Å²) in [4.78, 5) is 11.0. The first-order valence-electron chi connectivity index (χ1n) is 8.60. The van der Waals surface area contributed by atoms with E-state index in [1.807, 2.05) is 11.6 Å². The smallest absolute Gasteiger partial charge is 0.200 e. The SMILES string of the molecule is Cc1cc(Cl)c(C2=c3ncn(C4CCCCO4)c3=NC(Cl)N2C)cc1O. The number of alkyl halides is 1. The average Bonchev–Trinajstić information content (AvgIpc) is 3.04. The highest BCUT2D eigenvalue weighted by Crippen LogP contribution is 2.32. The number of rotatable bonds is 2. The lowest BCUT2D eigenvalue weighted by Crippen LogP contribution is -2.46. The monoisotopic (exact) mass is 394 g/mol. The van der Waals surface area contributed by atoms with Crippen LogP contribution in [0.5, 0.6) is 5.75 Å². The van der Waals surface area contributed by atoms with Crippen molar-refractivity contribution < 1.29 is 9.84 Å². The molecule has 2 atom stereocenters. The van der Waals surface area contributed by atoms with Crippen LogP contribution in [-0.4, -0.2) is 38.8 Å². The molecule has 1 N–H and O–H groups in total. The van der Waals surface area contributed by atoms with Crippen LogP contribution < -0.4 is 10.8 Å². The Kier molecular flexibility index (Phi) is 4.59. The molecule has 2 aliphatic rings. The van der Waals surface area contributed by atoms with Crippen molar-refractivity contribution in [3.63, 3.8) is 0 Å². The molecule has 0 bridgehead atoms. The van der Waals surface area contributed by atoms with Crippen LogP contribution in [0.25, 0.3) is 5.70 Å². The summed E-state index contributed by atoms with van der Waals surface area (Å²) in [6, 6.07) is 3.39. The number of benzene rings is 1. The Morgan fingerprint density at radius 1 is 1.31 bits per heavy atom. The van der Waals surface area contributed by atoms with E-state index in [1.54, 1.807) is 30.3 Å². The van der Waals surface area contributed by atoms with Crippen LogP contribution in [0.2, 0.25) is 5.02 Å². The van der Waals surface area contributed by atoms with Gasteiger partial charge in [0, 0.05) is 19.2 Å². The molecule has 2 unspecified atom stereocenters. The molecule has 2 aliphatic heterocycles. The van der Waals surface area contributed by atoms with Gasteiger partial charge < -0.3 is 14.7 Å². The van der Waals surface area contributed by atoms with Crippen molar-refractivity contribution in [2.75, 3.05) is 13.7 Å². The second-order valence-corrected chi connectivity index (χ2v) is 7.46. The number of imidazole rings is 1. The van der Waals surface area contributed by atoms with E-state index in [4.69, 9.17) is 27.9 Å². The molecule has 1 aromatic carbocycles. The third-order valence-electron chi connectivity index (χ3n) is 4.90. The maximum Gasteiger partial charge on any atom is 0.200 e. The Bertz CT molecular complexity index is 966. The number of aryl methyl sites for hydroxylation is 1. The highest BCUT2D eigenvalue weighted by Gasteiger charge is 2.27. The highest BCUT2D eigenvalue weighted by atomic mass is 35.5. The van der Waals surface area contributed by atoms with Crippen LogP contribution in [-0.2, 0) is 4.74 Å². The van der Waals surface area contributed by atoms with E-state index in [0.29, 0.717) is 27.0 Å². The predicted molar refractivity (Wildman–Crippen MR) is 99.6 cm³/mol. The van der Waals surface area contributed by atoms with E-state index in [-0.39, 0.29) is 12.0 Å². The molecule has 2 aromatic rings. The maximum absolute atomic E-state index is 10.2. The summed E-state index contributed by atoms with van der Waals surface area (Å²) in [7, 11) is 1.84. The first kappa shape index (κ1) is 17.6. The van der Waals surface area contributed by atoms with Crippen LogP contribution >= 0.6 is 23.2 Å². The number of aromatic nitrogens is 2. The molecule has 26 heavy (non-hydrogen) atoms. The van der Waals surface area contributed by atoms with Gasteiger partial charge in [-0.05, 0) is 43.9 Å². The topological polar surface area (TPSA) is 62.9 Å². The lowest BCUT2D eigenvalue weighted by Gasteiger charge is -2.29. The quantitative estimate of drug-likeness (QED) is 0.627. The van der Waals surface area contributed by atoms with Crippen molar-refractivity contribution in [2.24, 2.45) is 4.99 Å². The van der Waals surface area contributed by atoms with Crippen molar-refractivity contribution in [1.82, 2.24) is 14.5 Å². The highest BCUT2D eigenvalue weighted by molar-refractivity contribution is 6.32. The number of hydrogen-bond donors (Lipinski definition) is 1. The number of phenolic OH excluding ortho intramolecular Hbond substituents is 1. The van der Waals surface area contributed by atoms with Gasteiger partial charge in [0.15, 0.2) is 11.1 Å². The van der Waals surface area contributed by atoms with Crippen LogP contribution in [0.1, 0.15) is 36.6 Å². The first-order valence-corrected chi connectivity index (χ1v) is 9.42. The Hall–Kier alpha value is -1.76. The van der Waals surface area contributed by atoms with E-state index in [0.717, 1.165) is 31.6 Å². The van der Waals surface area contributed by atoms with Gasteiger partial charge in [0.05, 0.1) is 17.0 Å². The van der Waals surface area contributed by atoms with Crippen LogP contribution in [0, 0.1) is 6.92 Å². The summed E-state index contributed by atoms with van der Waals surface area (Å²) in [5, 5.41) is 11.4. The van der Waals surface area contributed by atoms with Crippen LogP contribution in [0.4, 0.5) is 0 Å². The summed E-state index contributed by atoms with van der Waals surface area (Å²) >= 11 is 13.0. The number of ether oxygens (including phenoxy) is 1. The number of aromatic hydroxyl groups is 1. The van der Waals surface area contributed by atoms with E-state index < -0.39 is 5.62 Å². The van der Waals surface area contributed by atoms with Crippen molar-refractivity contribution in [2.45, 2.75) is 38.0 Å². The molecule has 138 valence electrons. The van der Waals surface area contributed by atoms with Crippen LogP contribution in [0.15, 0.2) is 23.5 Å². The number of halogens is 2. The number of nitrogens with zero attached hydrogens (tertiary/aromatic N) is 4. The zero-order chi connectivity index (χ0) is 18.4. The van der Waals surface area contributed by atoms with E-state index in [1.165, 1.54) is 0 Å². The minimum atomic E-state index is -0.601. The fourth-order valence-electron chi connectivity index (χ4n) is 3.42. The molecule has 0 aliphatic carbocycles. The first-order chi connectivity index (χ1) is 12.5. The number of phenols is 1. The third-order valence-corrected chi connectivity index (χ3v) is 5.60. The average molecular weight is 395 g/mol. The minimum Gasteiger partial charge on any atom is -0.508 e. The Morgan fingerprint density at radius 3 is 2.85 bits per heavy atom. The van der Waals surface area contributed by atoms with Gasteiger partial charge in [-0.3, -0.25) is 4.57 Å². The van der Waals surface area contributed by atoms with Crippen molar-refractivity contribution in [3.05, 3.63) is 45.4 Å². The van der Waals surface area contributed by atoms with Gasteiger partial charge in [-0.25, -0.2) is 9.98 Å². The maximum atomic E-state index is 10.2. The van der Waals surface area contributed by atoms with Crippen molar-refractivity contribution in [3.8, 4) is 5.75 Å². The van der Waals surface area contributed by atoms with Gasteiger partial charge >= 0.3 is 0 Å². The molecule has 8 heteroatoms. The number of fused-ring (bicyclic) bond motifs is 1. The second kappa shape index (κ2) is 6.76. The minimum absolute atomic E-state index is 0.0841. The van der Waals surface area contributed by atoms with Crippen molar-refractivity contribution in [1.29, 1.82) is 0 Å². The van der Waals surface area contributed by atoms with Gasteiger partial charge in [-0.15, -0.1) is 0 Å². The van der Waals surface area contributed by atoms with Crippen LogP contribution in [0.3, 0.4) is 0 Å². The van der Waals surface area contributed by atoms with Gasteiger partial charge in [-0.2, -0.15) is 0 Å². The molecule has 0 amide bonds. The molecule has 1 aromatic heterocycles. The van der Waals surface area contributed by atoms with Gasteiger partial charge in [0.1, 0.15) is 17.3 Å². The van der Waals surface area contributed by atoms with E-state index >= 15 is 0 Å². The Balaban J connectivity index is 1.95. The summed E-state index contributed by atoms with van der Waals surface area (Å²) in [5.74, 6) is 0.176. The fraction of sp³-hybridized carbons (Fsp3) is 0.444. The standard InChI is InChI=1S/C18H20Cl2N4O2/c1-10-7-12(19)11(8-13(10)25)16-15-17(22-18(20)23(16)2)24(9-21-15)14-5-3-4-6-26-14/h7-9,14,18,25H,3-6H2,1-2H3. The largest absolute Gasteiger partial charge is 0.508 e. The molecule has 6 nitrogen and oxygen atoms in total. The summed E-state index contributed by atoms with van der Waals surface area (Å²) in [6.45, 7) is 2.54. The zero-order valence-electron chi connectivity index (χ0n) is 14.6. The molecular weight excluding hydrogens is 375 g/mol. The fourth-order valence-corrected chi connectivity index (χ4v) is 3.92. The zero-order valence-corrected chi connectivity index (χ0v) is 16.1. The lowest BCUT2D eigenvalue weighted by atomic mass is 10.1. The molecule has 4 rings (SSSR count). The molecule has 0 radical (unpaired) electrons. The predicted octanol–water partition coefficient (Wildman–Crippen LogP) is 2.49. The normalized spacial score (nSPS) is 22.9. The molecule has 0 saturated carbocycles. The molecule has 1 fully saturated rings. The number of hydrogen-bond acceptors (Lipinski definition) is 5. The lowest BCUT2D eigenvalue weighted by molar-refractivity contribution is -0.0344. The van der Waals surface area contributed by atoms with Crippen molar-refractivity contribution >= 4 is 28.9 Å². The van der Waals surface area contributed by atoms with Gasteiger partial charge in [-0.1, -0.05) is 23.2 Å². The molecule has 0 spiro atoms. The summed E-state index contributed by atoms with van der Waals surface area (Å²) in [6.07, 6.45) is 4.76.